The summed E-state index contributed by atoms with van der Waals surface area (Å²) in [6, 6.07) is 8.17. The molecular weight excluding hydrogens is 302 g/mol. The molecule has 1 aromatic carbocycles. The number of rotatable bonds is 4. The summed E-state index contributed by atoms with van der Waals surface area (Å²) < 4.78 is 1.08. The number of nitrogen functional groups attached to an aromatic ring is 1. The Labute approximate surface area is 112 Å². The van der Waals surface area contributed by atoms with Crippen LogP contribution in [0.2, 0.25) is 0 Å². The van der Waals surface area contributed by atoms with Crippen molar-refractivity contribution in [2.24, 2.45) is 0 Å². The zero-order valence-corrected chi connectivity index (χ0v) is 11.9. The number of benzene rings is 1. The molecule has 0 fully saturated rings. The molecular formula is C12H12BrNS2. The predicted octanol–water partition coefficient (Wildman–Crippen LogP) is 4.43. The number of hydrogen-bond acceptors (Lipinski definition) is 3. The molecule has 0 radical (unpaired) electrons. The Balaban J connectivity index is 1.92. The van der Waals surface area contributed by atoms with Crippen LogP contribution in [0.1, 0.15) is 5.56 Å². The van der Waals surface area contributed by atoms with Crippen molar-refractivity contribution in [1.82, 2.24) is 0 Å². The van der Waals surface area contributed by atoms with Gasteiger partial charge in [-0.25, -0.2) is 0 Å². The molecule has 0 saturated carbocycles. The van der Waals surface area contributed by atoms with E-state index in [4.69, 9.17) is 5.73 Å². The molecule has 4 heteroatoms. The van der Waals surface area contributed by atoms with E-state index in [1.54, 1.807) is 11.3 Å². The number of nitrogens with two attached hydrogens (primary N) is 1. The highest BCUT2D eigenvalue weighted by Gasteiger charge is 2.01. The molecule has 0 aliphatic rings. The topological polar surface area (TPSA) is 26.0 Å². The molecule has 84 valence electrons. The van der Waals surface area contributed by atoms with Gasteiger partial charge in [-0.1, -0.05) is 15.9 Å². The maximum atomic E-state index is 5.91. The first-order chi connectivity index (χ1) is 7.75. The first-order valence-corrected chi connectivity index (χ1v) is 7.67. The Morgan fingerprint density at radius 3 is 2.94 bits per heavy atom. The van der Waals surface area contributed by atoms with Crippen LogP contribution in [0.3, 0.4) is 0 Å². The van der Waals surface area contributed by atoms with Gasteiger partial charge in [0.15, 0.2) is 0 Å². The van der Waals surface area contributed by atoms with Gasteiger partial charge in [-0.05, 0) is 47.0 Å². The zero-order valence-electron chi connectivity index (χ0n) is 8.65. The third kappa shape index (κ3) is 3.27. The molecule has 1 aromatic heterocycles. The van der Waals surface area contributed by atoms with E-state index in [-0.39, 0.29) is 0 Å². The second kappa shape index (κ2) is 5.75. The maximum Gasteiger partial charge on any atom is 0.0453 e. The monoisotopic (exact) mass is 313 g/mol. The van der Waals surface area contributed by atoms with Crippen molar-refractivity contribution in [2.75, 3.05) is 11.5 Å². The Kier molecular flexibility index (Phi) is 4.32. The van der Waals surface area contributed by atoms with Crippen molar-refractivity contribution < 1.29 is 0 Å². The van der Waals surface area contributed by atoms with E-state index in [0.717, 1.165) is 27.2 Å². The van der Waals surface area contributed by atoms with Crippen LogP contribution in [0.25, 0.3) is 0 Å². The van der Waals surface area contributed by atoms with Crippen LogP contribution in [-0.2, 0) is 6.42 Å². The summed E-state index contributed by atoms with van der Waals surface area (Å²) in [6.45, 7) is 0. The second-order valence-electron chi connectivity index (χ2n) is 3.41. The summed E-state index contributed by atoms with van der Waals surface area (Å²) in [5.41, 5.74) is 8.18. The molecule has 0 spiro atoms. The van der Waals surface area contributed by atoms with Crippen molar-refractivity contribution in [3.8, 4) is 0 Å². The minimum atomic E-state index is 0.860. The summed E-state index contributed by atoms with van der Waals surface area (Å²) >= 11 is 7.02. The summed E-state index contributed by atoms with van der Waals surface area (Å²) in [7, 11) is 0. The third-order valence-corrected chi connectivity index (χ3v) is 4.50. The van der Waals surface area contributed by atoms with Crippen molar-refractivity contribution in [1.29, 1.82) is 0 Å². The number of aryl methyl sites for hydroxylation is 1. The van der Waals surface area contributed by atoms with Gasteiger partial charge in [-0.15, -0.1) is 11.8 Å². The van der Waals surface area contributed by atoms with Gasteiger partial charge in [0.05, 0.1) is 0 Å². The standard InChI is InChI=1S/C12H12BrNS2/c13-10-1-2-11(14)12(7-10)16-6-4-9-3-5-15-8-9/h1-3,5,7-8H,4,6,14H2. The summed E-state index contributed by atoms with van der Waals surface area (Å²) in [4.78, 5) is 1.16. The second-order valence-corrected chi connectivity index (χ2v) is 6.24. The molecule has 2 rings (SSSR count). The van der Waals surface area contributed by atoms with Gasteiger partial charge in [0.25, 0.3) is 0 Å². The molecule has 0 bridgehead atoms. The zero-order chi connectivity index (χ0) is 11.4. The number of thiophene rings is 1. The van der Waals surface area contributed by atoms with Gasteiger partial charge in [0.2, 0.25) is 0 Å². The van der Waals surface area contributed by atoms with Gasteiger partial charge < -0.3 is 5.73 Å². The van der Waals surface area contributed by atoms with Gasteiger partial charge in [0.1, 0.15) is 0 Å². The van der Waals surface area contributed by atoms with Crippen LogP contribution >= 0.6 is 39.0 Å². The van der Waals surface area contributed by atoms with Crippen LogP contribution in [0.5, 0.6) is 0 Å². The normalized spacial score (nSPS) is 10.6. The van der Waals surface area contributed by atoms with Gasteiger partial charge in [0, 0.05) is 20.8 Å². The molecule has 1 nitrogen and oxygen atoms in total. The van der Waals surface area contributed by atoms with E-state index in [9.17, 15) is 0 Å². The van der Waals surface area contributed by atoms with Crippen LogP contribution < -0.4 is 5.73 Å². The fourth-order valence-electron chi connectivity index (χ4n) is 1.35. The maximum absolute atomic E-state index is 5.91. The Morgan fingerprint density at radius 2 is 2.19 bits per heavy atom. The Hall–Kier alpha value is -0.450. The van der Waals surface area contributed by atoms with Crippen molar-refractivity contribution in [2.45, 2.75) is 11.3 Å². The van der Waals surface area contributed by atoms with E-state index in [2.05, 4.69) is 38.8 Å². The minimum Gasteiger partial charge on any atom is -0.398 e. The highest BCUT2D eigenvalue weighted by atomic mass is 79.9. The highest BCUT2D eigenvalue weighted by molar-refractivity contribution is 9.10. The van der Waals surface area contributed by atoms with Crippen molar-refractivity contribution in [3.05, 3.63) is 45.1 Å². The minimum absolute atomic E-state index is 0.860. The molecule has 0 unspecified atom stereocenters. The smallest absolute Gasteiger partial charge is 0.0453 e. The number of thioether (sulfide) groups is 1. The van der Waals surface area contributed by atoms with E-state index in [0.29, 0.717) is 0 Å². The Morgan fingerprint density at radius 1 is 1.31 bits per heavy atom. The average molecular weight is 314 g/mol. The summed E-state index contributed by atoms with van der Waals surface area (Å²) in [6.07, 6.45) is 1.10. The van der Waals surface area contributed by atoms with E-state index < -0.39 is 0 Å². The van der Waals surface area contributed by atoms with Crippen molar-refractivity contribution in [3.63, 3.8) is 0 Å². The lowest BCUT2D eigenvalue weighted by atomic mass is 10.3. The number of halogens is 1. The fraction of sp³-hybridized carbons (Fsp3) is 0.167. The van der Waals surface area contributed by atoms with Gasteiger partial charge in [-0.3, -0.25) is 0 Å². The quantitative estimate of drug-likeness (QED) is 0.667. The lowest BCUT2D eigenvalue weighted by Gasteiger charge is -2.05. The molecule has 0 amide bonds. The van der Waals surface area contributed by atoms with Gasteiger partial charge >= 0.3 is 0 Å². The third-order valence-electron chi connectivity index (χ3n) is 2.20. The van der Waals surface area contributed by atoms with Crippen LogP contribution in [-0.4, -0.2) is 5.75 Å². The van der Waals surface area contributed by atoms with Gasteiger partial charge in [-0.2, -0.15) is 11.3 Å². The molecule has 2 aromatic rings. The first-order valence-electron chi connectivity index (χ1n) is 4.94. The molecule has 0 aliphatic heterocycles. The number of hydrogen-bond donors (Lipinski definition) is 1. The first kappa shape index (κ1) is 12.0. The SMILES string of the molecule is Nc1ccc(Br)cc1SCCc1ccsc1. The lowest BCUT2D eigenvalue weighted by molar-refractivity contribution is 1.17. The van der Waals surface area contributed by atoms with E-state index in [1.807, 2.05) is 23.9 Å². The number of anilines is 1. The van der Waals surface area contributed by atoms with Crippen LogP contribution in [0.4, 0.5) is 5.69 Å². The molecule has 0 aliphatic carbocycles. The predicted molar refractivity (Wildman–Crippen MR) is 77.3 cm³/mol. The fourth-order valence-corrected chi connectivity index (χ4v) is 3.57. The summed E-state index contributed by atoms with van der Waals surface area (Å²) in [5, 5.41) is 4.32. The highest BCUT2D eigenvalue weighted by Crippen LogP contribution is 2.28. The van der Waals surface area contributed by atoms with E-state index in [1.165, 1.54) is 5.56 Å². The van der Waals surface area contributed by atoms with Crippen LogP contribution in [0, 0.1) is 0 Å². The molecule has 0 atom stereocenters. The van der Waals surface area contributed by atoms with Crippen molar-refractivity contribution >= 4 is 44.7 Å². The molecule has 0 saturated heterocycles. The van der Waals surface area contributed by atoms with Crippen LogP contribution in [0.15, 0.2) is 44.4 Å². The molecule has 2 N–H and O–H groups in total. The van der Waals surface area contributed by atoms with E-state index >= 15 is 0 Å². The average Bonchev–Trinajstić information content (AvgIpc) is 2.76. The lowest BCUT2D eigenvalue weighted by Crippen LogP contribution is -1.91. The Bertz CT molecular complexity index is 454. The molecule has 1 heterocycles. The largest absolute Gasteiger partial charge is 0.398 e. The summed E-state index contributed by atoms with van der Waals surface area (Å²) in [5.74, 6) is 1.07. The molecule has 16 heavy (non-hydrogen) atoms.